The Bertz CT molecular complexity index is 273. The van der Waals surface area contributed by atoms with E-state index in [-0.39, 0.29) is 18.2 Å². The molecule has 0 fully saturated rings. The van der Waals surface area contributed by atoms with E-state index in [1.807, 2.05) is 0 Å². The molecule has 1 N–H and O–H groups in total. The third-order valence-corrected chi connectivity index (χ3v) is 2.08. The third-order valence-electron chi connectivity index (χ3n) is 2.08. The van der Waals surface area contributed by atoms with E-state index >= 15 is 0 Å². The van der Waals surface area contributed by atoms with Crippen molar-refractivity contribution >= 4 is 17.6 Å². The second-order valence-corrected chi connectivity index (χ2v) is 3.09. The maximum absolute atomic E-state index is 11.3. The van der Waals surface area contributed by atoms with Crippen LogP contribution in [0.1, 0.15) is 19.8 Å². The van der Waals surface area contributed by atoms with Gasteiger partial charge >= 0.3 is 5.97 Å². The van der Waals surface area contributed by atoms with Gasteiger partial charge in [0.25, 0.3) is 5.91 Å². The molecule has 5 heteroatoms. The Balaban J connectivity index is 2.56. The van der Waals surface area contributed by atoms with Crippen molar-refractivity contribution in [3.05, 3.63) is 0 Å². The minimum atomic E-state index is -0.879. The van der Waals surface area contributed by atoms with Crippen LogP contribution in [0.25, 0.3) is 0 Å². The number of aliphatic carboxylic acids is 1. The molecule has 0 saturated carbocycles. The summed E-state index contributed by atoms with van der Waals surface area (Å²) < 4.78 is 0. The summed E-state index contributed by atoms with van der Waals surface area (Å²) in [5.74, 6) is -1.32. The van der Waals surface area contributed by atoms with Gasteiger partial charge in [0.1, 0.15) is 0 Å². The number of carboxylic acids is 1. The van der Waals surface area contributed by atoms with Crippen LogP contribution < -0.4 is 0 Å². The van der Waals surface area contributed by atoms with Gasteiger partial charge in [0, 0.05) is 19.2 Å². The zero-order valence-electron chi connectivity index (χ0n) is 7.65. The summed E-state index contributed by atoms with van der Waals surface area (Å²) in [6.07, 6.45) is 0.352. The average molecular weight is 184 g/mol. The smallest absolute Gasteiger partial charge is 0.303 e. The summed E-state index contributed by atoms with van der Waals surface area (Å²) in [5.41, 5.74) is 0.703. The SMILES string of the molecule is CC1=NN(C)C(=O)C1CCC(=O)O. The lowest BCUT2D eigenvalue weighted by Gasteiger charge is -2.07. The number of hydrazone groups is 1. The van der Waals surface area contributed by atoms with Gasteiger partial charge in [-0.2, -0.15) is 5.10 Å². The van der Waals surface area contributed by atoms with Gasteiger partial charge in [-0.1, -0.05) is 0 Å². The predicted octanol–water partition coefficient (Wildman–Crippen LogP) is 0.315. The Kier molecular flexibility index (Phi) is 2.65. The fourth-order valence-corrected chi connectivity index (χ4v) is 1.36. The molecular weight excluding hydrogens is 172 g/mol. The van der Waals surface area contributed by atoms with Crippen LogP contribution >= 0.6 is 0 Å². The Morgan fingerprint density at radius 3 is 2.69 bits per heavy atom. The summed E-state index contributed by atoms with van der Waals surface area (Å²) in [6, 6.07) is 0. The molecule has 1 aliphatic heterocycles. The van der Waals surface area contributed by atoms with E-state index in [0.29, 0.717) is 12.1 Å². The van der Waals surface area contributed by atoms with E-state index in [1.165, 1.54) is 5.01 Å². The molecule has 0 spiro atoms. The fraction of sp³-hybridized carbons (Fsp3) is 0.625. The molecule has 1 rings (SSSR count). The second-order valence-electron chi connectivity index (χ2n) is 3.09. The number of carbonyl (C=O) groups is 2. The molecular formula is C8H12N2O3. The molecule has 0 aromatic heterocycles. The van der Waals surface area contributed by atoms with Crippen LogP contribution in [0.2, 0.25) is 0 Å². The summed E-state index contributed by atoms with van der Waals surface area (Å²) >= 11 is 0. The maximum atomic E-state index is 11.3. The Labute approximate surface area is 76.0 Å². The van der Waals surface area contributed by atoms with Crippen molar-refractivity contribution in [1.82, 2.24) is 5.01 Å². The largest absolute Gasteiger partial charge is 0.481 e. The molecule has 13 heavy (non-hydrogen) atoms. The Hall–Kier alpha value is -1.39. The highest BCUT2D eigenvalue weighted by Crippen LogP contribution is 2.18. The minimum absolute atomic E-state index is 0.0110. The van der Waals surface area contributed by atoms with Crippen LogP contribution in [0.5, 0.6) is 0 Å². The standard InChI is InChI=1S/C8H12N2O3/c1-5-6(3-4-7(11)12)8(13)10(2)9-5/h6H,3-4H2,1-2H3,(H,11,12). The highest BCUT2D eigenvalue weighted by atomic mass is 16.4. The van der Waals surface area contributed by atoms with Crippen molar-refractivity contribution in [2.45, 2.75) is 19.8 Å². The van der Waals surface area contributed by atoms with Gasteiger partial charge in [-0.25, -0.2) is 5.01 Å². The number of hydrogen-bond donors (Lipinski definition) is 1. The highest BCUT2D eigenvalue weighted by molar-refractivity contribution is 6.06. The normalized spacial score (nSPS) is 22.0. The molecule has 1 aliphatic rings. The quantitative estimate of drug-likeness (QED) is 0.686. The lowest BCUT2D eigenvalue weighted by molar-refractivity contribution is -0.137. The van der Waals surface area contributed by atoms with Crippen LogP contribution in [0, 0.1) is 5.92 Å². The molecule has 0 aromatic carbocycles. The van der Waals surface area contributed by atoms with Gasteiger partial charge in [-0.15, -0.1) is 0 Å². The van der Waals surface area contributed by atoms with Gasteiger partial charge in [0.15, 0.2) is 0 Å². The van der Waals surface area contributed by atoms with Crippen molar-refractivity contribution in [3.63, 3.8) is 0 Å². The molecule has 0 aromatic rings. The fourth-order valence-electron chi connectivity index (χ4n) is 1.36. The van der Waals surface area contributed by atoms with E-state index in [9.17, 15) is 9.59 Å². The lowest BCUT2D eigenvalue weighted by atomic mass is 9.99. The molecule has 1 heterocycles. The van der Waals surface area contributed by atoms with Crippen molar-refractivity contribution in [2.75, 3.05) is 7.05 Å². The zero-order chi connectivity index (χ0) is 10.0. The van der Waals surface area contributed by atoms with Crippen LogP contribution in [0.3, 0.4) is 0 Å². The van der Waals surface area contributed by atoms with Crippen LogP contribution in [0.4, 0.5) is 0 Å². The average Bonchev–Trinajstić information content (AvgIpc) is 2.24. The molecule has 0 saturated heterocycles. The molecule has 1 unspecified atom stereocenters. The van der Waals surface area contributed by atoms with Gasteiger partial charge < -0.3 is 5.11 Å². The Morgan fingerprint density at radius 2 is 2.31 bits per heavy atom. The topological polar surface area (TPSA) is 70.0 Å². The summed E-state index contributed by atoms with van der Waals surface area (Å²) in [5, 5.41) is 13.7. The van der Waals surface area contributed by atoms with Crippen molar-refractivity contribution in [2.24, 2.45) is 11.0 Å². The molecule has 0 radical (unpaired) electrons. The van der Waals surface area contributed by atoms with Crippen LogP contribution in [-0.2, 0) is 9.59 Å². The first-order valence-electron chi connectivity index (χ1n) is 4.07. The summed E-state index contributed by atoms with van der Waals surface area (Å²) in [6.45, 7) is 1.74. The maximum Gasteiger partial charge on any atom is 0.303 e. The highest BCUT2D eigenvalue weighted by Gasteiger charge is 2.30. The van der Waals surface area contributed by atoms with Gasteiger partial charge in [0.2, 0.25) is 0 Å². The third kappa shape index (κ3) is 2.05. The predicted molar refractivity (Wildman–Crippen MR) is 46.2 cm³/mol. The minimum Gasteiger partial charge on any atom is -0.481 e. The number of nitrogens with zero attached hydrogens (tertiary/aromatic N) is 2. The number of carboxylic acid groups (broad SMARTS) is 1. The monoisotopic (exact) mass is 184 g/mol. The molecule has 1 amide bonds. The molecule has 0 aliphatic carbocycles. The van der Waals surface area contributed by atoms with Crippen molar-refractivity contribution < 1.29 is 14.7 Å². The van der Waals surface area contributed by atoms with E-state index in [2.05, 4.69) is 5.10 Å². The first kappa shape index (κ1) is 9.70. The van der Waals surface area contributed by atoms with Crippen LogP contribution in [0.15, 0.2) is 5.10 Å². The molecule has 1 atom stereocenters. The second kappa shape index (κ2) is 3.55. The van der Waals surface area contributed by atoms with Gasteiger partial charge in [-0.3, -0.25) is 9.59 Å². The number of amides is 1. The van der Waals surface area contributed by atoms with Gasteiger partial charge in [0.05, 0.1) is 5.92 Å². The van der Waals surface area contributed by atoms with Crippen molar-refractivity contribution in [3.8, 4) is 0 Å². The number of hydrogen-bond acceptors (Lipinski definition) is 3. The van der Waals surface area contributed by atoms with Crippen molar-refractivity contribution in [1.29, 1.82) is 0 Å². The first-order chi connectivity index (χ1) is 6.02. The van der Waals surface area contributed by atoms with Gasteiger partial charge in [-0.05, 0) is 13.3 Å². The molecule has 0 bridgehead atoms. The van der Waals surface area contributed by atoms with E-state index < -0.39 is 5.97 Å². The van der Waals surface area contributed by atoms with E-state index in [0.717, 1.165) is 0 Å². The number of carbonyl (C=O) groups excluding carboxylic acids is 1. The molecule has 5 nitrogen and oxygen atoms in total. The zero-order valence-corrected chi connectivity index (χ0v) is 7.65. The first-order valence-corrected chi connectivity index (χ1v) is 4.07. The summed E-state index contributed by atoms with van der Waals surface area (Å²) in [4.78, 5) is 21.6. The lowest BCUT2D eigenvalue weighted by Crippen LogP contribution is -2.24. The summed E-state index contributed by atoms with van der Waals surface area (Å²) in [7, 11) is 1.58. The van der Waals surface area contributed by atoms with E-state index in [1.54, 1.807) is 14.0 Å². The van der Waals surface area contributed by atoms with Crippen LogP contribution in [-0.4, -0.2) is 34.8 Å². The number of rotatable bonds is 3. The van der Waals surface area contributed by atoms with E-state index in [4.69, 9.17) is 5.11 Å². The molecule has 72 valence electrons. The Morgan fingerprint density at radius 1 is 1.69 bits per heavy atom.